The Kier molecular flexibility index (Phi) is 9.53. The van der Waals surface area contributed by atoms with Crippen molar-refractivity contribution in [3.63, 3.8) is 0 Å². The molecule has 0 heterocycles. The predicted octanol–water partition coefficient (Wildman–Crippen LogP) is 3.60. The Morgan fingerprint density at radius 1 is 1.25 bits per heavy atom. The Bertz CT molecular complexity index is 85.9. The van der Waals surface area contributed by atoms with Gasteiger partial charge in [0, 0.05) is 5.88 Å². The fourth-order valence-corrected chi connectivity index (χ4v) is 1.28. The zero-order chi connectivity index (χ0) is 9.23. The molecular formula is C10H21ClO. The van der Waals surface area contributed by atoms with E-state index in [1.807, 2.05) is 0 Å². The number of unbranched alkanes of at least 4 members (excludes halogenated alkanes) is 3. The number of hydrogen-bond donors (Lipinski definition) is 0. The van der Waals surface area contributed by atoms with Gasteiger partial charge in [-0.1, -0.05) is 32.6 Å². The van der Waals surface area contributed by atoms with E-state index in [-0.39, 0.29) is 0 Å². The summed E-state index contributed by atoms with van der Waals surface area (Å²) in [6, 6.07) is 0. The number of alkyl halides is 1. The van der Waals surface area contributed by atoms with Crippen LogP contribution in [0.5, 0.6) is 0 Å². The van der Waals surface area contributed by atoms with Crippen molar-refractivity contribution in [1.82, 2.24) is 0 Å². The van der Waals surface area contributed by atoms with E-state index in [9.17, 15) is 0 Å². The molecule has 0 radical (unpaired) electrons. The highest BCUT2D eigenvalue weighted by Gasteiger charge is 2.00. The quantitative estimate of drug-likeness (QED) is 0.422. The topological polar surface area (TPSA) is 9.23 Å². The fraction of sp³-hybridized carbons (Fsp3) is 1.00. The molecule has 0 aliphatic rings. The number of hydrogen-bond acceptors (Lipinski definition) is 1. The smallest absolute Gasteiger partial charge is 0.0605 e. The van der Waals surface area contributed by atoms with Crippen molar-refractivity contribution >= 4 is 11.6 Å². The van der Waals surface area contributed by atoms with Gasteiger partial charge in [0.25, 0.3) is 0 Å². The first-order valence-electron chi connectivity index (χ1n) is 4.98. The Balaban J connectivity index is 3.02. The van der Waals surface area contributed by atoms with Crippen LogP contribution in [0.25, 0.3) is 0 Å². The molecule has 0 fully saturated rings. The van der Waals surface area contributed by atoms with Crippen LogP contribution in [0.3, 0.4) is 0 Å². The summed E-state index contributed by atoms with van der Waals surface area (Å²) in [5, 5.41) is 0. The molecule has 1 atom stereocenters. The first-order chi connectivity index (χ1) is 5.81. The van der Waals surface area contributed by atoms with E-state index in [4.69, 9.17) is 16.3 Å². The summed E-state index contributed by atoms with van der Waals surface area (Å²) in [5.74, 6) is 0.610. The summed E-state index contributed by atoms with van der Waals surface area (Å²) in [5.41, 5.74) is 0. The standard InChI is InChI=1S/C10H21ClO/c1-3-4-5-6-7-10(2)12-9-8-11/h10H,3-9H2,1-2H3. The van der Waals surface area contributed by atoms with Gasteiger partial charge in [-0.15, -0.1) is 11.6 Å². The second-order valence-corrected chi connectivity index (χ2v) is 3.60. The highest BCUT2D eigenvalue weighted by atomic mass is 35.5. The lowest BCUT2D eigenvalue weighted by Crippen LogP contribution is -2.09. The Labute approximate surface area is 81.4 Å². The third kappa shape index (κ3) is 8.35. The van der Waals surface area contributed by atoms with Crippen LogP contribution < -0.4 is 0 Å². The summed E-state index contributed by atoms with van der Waals surface area (Å²) in [6.45, 7) is 5.04. The molecule has 0 spiro atoms. The van der Waals surface area contributed by atoms with E-state index >= 15 is 0 Å². The highest BCUT2D eigenvalue weighted by Crippen LogP contribution is 2.07. The van der Waals surface area contributed by atoms with E-state index in [2.05, 4.69) is 13.8 Å². The van der Waals surface area contributed by atoms with E-state index in [1.165, 1.54) is 32.1 Å². The first-order valence-corrected chi connectivity index (χ1v) is 5.52. The van der Waals surface area contributed by atoms with Crippen molar-refractivity contribution in [2.75, 3.05) is 12.5 Å². The van der Waals surface area contributed by atoms with E-state index < -0.39 is 0 Å². The van der Waals surface area contributed by atoms with Gasteiger partial charge in [-0.25, -0.2) is 0 Å². The van der Waals surface area contributed by atoms with E-state index in [0.29, 0.717) is 18.6 Å². The molecule has 0 aromatic carbocycles. The molecule has 1 unspecified atom stereocenters. The first kappa shape index (κ1) is 12.2. The maximum Gasteiger partial charge on any atom is 0.0605 e. The molecule has 0 aliphatic heterocycles. The zero-order valence-corrected chi connectivity index (χ0v) is 9.07. The molecule has 1 nitrogen and oxygen atoms in total. The minimum absolute atomic E-state index is 0.389. The highest BCUT2D eigenvalue weighted by molar-refractivity contribution is 6.17. The molecule has 0 aromatic rings. The van der Waals surface area contributed by atoms with Crippen LogP contribution >= 0.6 is 11.6 Å². The molecule has 0 rings (SSSR count). The molecule has 0 amide bonds. The molecule has 0 aromatic heterocycles. The fourth-order valence-electron chi connectivity index (χ4n) is 1.19. The SMILES string of the molecule is CCCCCCC(C)OCCCl. The predicted molar refractivity (Wildman–Crippen MR) is 54.9 cm³/mol. The normalized spacial score (nSPS) is 13.2. The average molecular weight is 193 g/mol. The van der Waals surface area contributed by atoms with Gasteiger partial charge in [0.2, 0.25) is 0 Å². The Hall–Kier alpha value is 0.250. The third-order valence-electron chi connectivity index (χ3n) is 1.94. The minimum atomic E-state index is 0.389. The van der Waals surface area contributed by atoms with Crippen LogP contribution in [0.2, 0.25) is 0 Å². The van der Waals surface area contributed by atoms with Gasteiger partial charge in [0.15, 0.2) is 0 Å². The van der Waals surface area contributed by atoms with Crippen molar-refractivity contribution in [2.24, 2.45) is 0 Å². The molecule has 0 bridgehead atoms. The number of halogens is 1. The molecule has 0 saturated heterocycles. The monoisotopic (exact) mass is 192 g/mol. The van der Waals surface area contributed by atoms with Gasteiger partial charge in [0.1, 0.15) is 0 Å². The van der Waals surface area contributed by atoms with Crippen LogP contribution in [0.4, 0.5) is 0 Å². The summed E-state index contributed by atoms with van der Waals surface area (Å²) in [4.78, 5) is 0. The van der Waals surface area contributed by atoms with Gasteiger partial charge >= 0.3 is 0 Å². The maximum atomic E-state index is 5.50. The Morgan fingerprint density at radius 2 is 2.00 bits per heavy atom. The van der Waals surface area contributed by atoms with Crippen molar-refractivity contribution in [1.29, 1.82) is 0 Å². The summed E-state index contributed by atoms with van der Waals surface area (Å²) < 4.78 is 5.44. The molecule has 0 N–H and O–H groups in total. The van der Waals surface area contributed by atoms with E-state index in [1.54, 1.807) is 0 Å². The van der Waals surface area contributed by atoms with Gasteiger partial charge < -0.3 is 4.74 Å². The van der Waals surface area contributed by atoms with Gasteiger partial charge in [-0.05, 0) is 13.3 Å². The molecular weight excluding hydrogens is 172 g/mol. The summed E-state index contributed by atoms with van der Waals surface area (Å²) >= 11 is 5.50. The second kappa shape index (κ2) is 9.34. The number of rotatable bonds is 8. The van der Waals surface area contributed by atoms with Crippen molar-refractivity contribution < 1.29 is 4.74 Å². The lowest BCUT2D eigenvalue weighted by molar-refractivity contribution is 0.0698. The molecule has 74 valence electrons. The minimum Gasteiger partial charge on any atom is -0.377 e. The number of ether oxygens (including phenoxy) is 1. The van der Waals surface area contributed by atoms with Crippen LogP contribution in [0.15, 0.2) is 0 Å². The zero-order valence-electron chi connectivity index (χ0n) is 8.31. The molecule has 0 aliphatic carbocycles. The van der Waals surface area contributed by atoms with Crippen LogP contribution in [-0.2, 0) is 4.74 Å². The lowest BCUT2D eigenvalue weighted by atomic mass is 10.1. The van der Waals surface area contributed by atoms with Crippen LogP contribution in [-0.4, -0.2) is 18.6 Å². The largest absolute Gasteiger partial charge is 0.377 e. The maximum absolute atomic E-state index is 5.50. The van der Waals surface area contributed by atoms with Crippen molar-refractivity contribution in [3.05, 3.63) is 0 Å². The Morgan fingerprint density at radius 3 is 2.58 bits per heavy atom. The van der Waals surface area contributed by atoms with Gasteiger partial charge in [-0.3, -0.25) is 0 Å². The average Bonchev–Trinajstić information content (AvgIpc) is 2.09. The summed E-state index contributed by atoms with van der Waals surface area (Å²) in [7, 11) is 0. The van der Waals surface area contributed by atoms with Crippen molar-refractivity contribution in [2.45, 2.75) is 52.1 Å². The molecule has 12 heavy (non-hydrogen) atoms. The second-order valence-electron chi connectivity index (χ2n) is 3.22. The van der Waals surface area contributed by atoms with Gasteiger partial charge in [-0.2, -0.15) is 0 Å². The van der Waals surface area contributed by atoms with Crippen LogP contribution in [0.1, 0.15) is 46.0 Å². The third-order valence-corrected chi connectivity index (χ3v) is 2.10. The molecule has 2 heteroatoms. The van der Waals surface area contributed by atoms with Gasteiger partial charge in [0.05, 0.1) is 12.7 Å². The molecule has 0 saturated carbocycles. The van der Waals surface area contributed by atoms with Crippen LogP contribution in [0, 0.1) is 0 Å². The van der Waals surface area contributed by atoms with E-state index in [0.717, 1.165) is 0 Å². The van der Waals surface area contributed by atoms with Crippen molar-refractivity contribution in [3.8, 4) is 0 Å². The summed E-state index contributed by atoms with van der Waals surface area (Å²) in [6.07, 6.45) is 6.85. The lowest BCUT2D eigenvalue weighted by Gasteiger charge is -2.11.